The van der Waals surface area contributed by atoms with Crippen LogP contribution in [0.2, 0.25) is 0 Å². The van der Waals surface area contributed by atoms with Crippen LogP contribution in [0, 0.1) is 12.8 Å². The van der Waals surface area contributed by atoms with Crippen molar-refractivity contribution in [3.63, 3.8) is 0 Å². The van der Waals surface area contributed by atoms with E-state index in [1.165, 1.54) is 4.31 Å². The molecule has 0 radical (unpaired) electrons. The highest BCUT2D eigenvalue weighted by Gasteiger charge is 2.23. The predicted octanol–water partition coefficient (Wildman–Crippen LogP) is 2.66. The van der Waals surface area contributed by atoms with E-state index in [9.17, 15) is 8.42 Å². The minimum absolute atomic E-state index is 0.374. The van der Waals surface area contributed by atoms with Gasteiger partial charge in [0.2, 0.25) is 10.0 Å². The summed E-state index contributed by atoms with van der Waals surface area (Å²) in [6, 6.07) is 7.10. The fraction of sp³-hybridized carbons (Fsp3) is 0.538. The van der Waals surface area contributed by atoms with E-state index in [-0.39, 0.29) is 0 Å². The van der Waals surface area contributed by atoms with Gasteiger partial charge in [-0.3, -0.25) is 0 Å². The van der Waals surface area contributed by atoms with E-state index in [1.807, 2.05) is 19.1 Å². The second kappa shape index (κ2) is 5.65. The molecule has 0 aliphatic heterocycles. The largest absolute Gasteiger partial charge is 0.243 e. The predicted molar refractivity (Wildman–Crippen MR) is 70.4 cm³/mol. The molecule has 1 rings (SSSR count). The van der Waals surface area contributed by atoms with Crippen LogP contribution < -0.4 is 0 Å². The highest BCUT2D eigenvalue weighted by molar-refractivity contribution is 7.89. The molecule has 1 aromatic carbocycles. The van der Waals surface area contributed by atoms with Gasteiger partial charge in [0.25, 0.3) is 0 Å². The molecule has 0 fully saturated rings. The molecule has 0 aliphatic rings. The highest BCUT2D eigenvalue weighted by Crippen LogP contribution is 2.19. The average Bonchev–Trinajstić information content (AvgIpc) is 2.29. The zero-order chi connectivity index (χ0) is 13.1. The van der Waals surface area contributed by atoms with E-state index >= 15 is 0 Å². The quantitative estimate of drug-likeness (QED) is 0.811. The number of benzene rings is 1. The Bertz CT molecular complexity index is 468. The number of nitrogens with zero attached hydrogens (tertiary/aromatic N) is 1. The summed E-state index contributed by atoms with van der Waals surface area (Å²) in [6.45, 7) is 6.51. The molecule has 0 aromatic heterocycles. The molecule has 0 bridgehead atoms. The number of hydrogen-bond acceptors (Lipinski definition) is 2. The van der Waals surface area contributed by atoms with Gasteiger partial charge in [0.1, 0.15) is 0 Å². The second-order valence-corrected chi connectivity index (χ2v) is 6.58. The zero-order valence-corrected chi connectivity index (χ0v) is 11.8. The lowest BCUT2D eigenvalue weighted by Crippen LogP contribution is -2.31. The minimum Gasteiger partial charge on any atom is -0.207 e. The molecule has 0 N–H and O–H groups in total. The van der Waals surface area contributed by atoms with E-state index in [0.29, 0.717) is 17.4 Å². The van der Waals surface area contributed by atoms with Crippen LogP contribution in [0.5, 0.6) is 0 Å². The molecule has 0 spiro atoms. The summed E-state index contributed by atoms with van der Waals surface area (Å²) in [5, 5.41) is 0. The van der Waals surface area contributed by atoms with Gasteiger partial charge in [0.05, 0.1) is 4.90 Å². The van der Waals surface area contributed by atoms with Crippen LogP contribution in [0.15, 0.2) is 29.2 Å². The van der Waals surface area contributed by atoms with Crippen LogP contribution in [0.3, 0.4) is 0 Å². The first-order valence-electron chi connectivity index (χ1n) is 5.91. The maximum atomic E-state index is 12.3. The van der Waals surface area contributed by atoms with Crippen LogP contribution in [0.1, 0.15) is 25.8 Å². The summed E-state index contributed by atoms with van der Waals surface area (Å²) < 4.78 is 26.1. The molecule has 0 heterocycles. The summed E-state index contributed by atoms with van der Waals surface area (Å²) >= 11 is 0. The molecule has 1 aromatic rings. The first-order chi connectivity index (χ1) is 7.89. The SMILES string of the molecule is CCC(C)CN(C)S(=O)(=O)c1ccccc1C. The van der Waals surface area contributed by atoms with Gasteiger partial charge in [-0.05, 0) is 24.5 Å². The maximum Gasteiger partial charge on any atom is 0.243 e. The van der Waals surface area contributed by atoms with Crippen LogP contribution in [-0.4, -0.2) is 26.3 Å². The van der Waals surface area contributed by atoms with Crippen molar-refractivity contribution in [3.8, 4) is 0 Å². The molecule has 17 heavy (non-hydrogen) atoms. The van der Waals surface area contributed by atoms with Crippen molar-refractivity contribution in [2.75, 3.05) is 13.6 Å². The monoisotopic (exact) mass is 255 g/mol. The molecule has 0 amide bonds. The Labute approximate surface area is 105 Å². The molecule has 0 aliphatic carbocycles. The van der Waals surface area contributed by atoms with Crippen LogP contribution >= 0.6 is 0 Å². The number of sulfonamides is 1. The molecular weight excluding hydrogens is 234 g/mol. The summed E-state index contributed by atoms with van der Waals surface area (Å²) in [6.07, 6.45) is 0.980. The molecular formula is C13H21NO2S. The van der Waals surface area contributed by atoms with Crippen LogP contribution in [0.25, 0.3) is 0 Å². The minimum atomic E-state index is -3.34. The number of hydrogen-bond donors (Lipinski definition) is 0. The zero-order valence-electron chi connectivity index (χ0n) is 11.0. The highest BCUT2D eigenvalue weighted by atomic mass is 32.2. The van der Waals surface area contributed by atoms with Crippen molar-refractivity contribution in [3.05, 3.63) is 29.8 Å². The third-order valence-electron chi connectivity index (χ3n) is 3.05. The lowest BCUT2D eigenvalue weighted by molar-refractivity contribution is 0.393. The number of rotatable bonds is 5. The Hall–Kier alpha value is -0.870. The average molecular weight is 255 g/mol. The maximum absolute atomic E-state index is 12.3. The van der Waals surface area contributed by atoms with Gasteiger partial charge in [0.15, 0.2) is 0 Å². The topological polar surface area (TPSA) is 37.4 Å². The Kier molecular flexibility index (Phi) is 4.71. The van der Waals surface area contributed by atoms with Gasteiger partial charge < -0.3 is 0 Å². The smallest absolute Gasteiger partial charge is 0.207 e. The molecule has 4 heteroatoms. The standard InChI is InChI=1S/C13H21NO2S/c1-5-11(2)10-14(4)17(15,16)13-9-7-6-8-12(13)3/h6-9,11H,5,10H2,1-4H3. The van der Waals surface area contributed by atoms with Gasteiger partial charge in [-0.2, -0.15) is 0 Å². The van der Waals surface area contributed by atoms with Gasteiger partial charge in [-0.1, -0.05) is 38.5 Å². The van der Waals surface area contributed by atoms with Gasteiger partial charge >= 0.3 is 0 Å². The van der Waals surface area contributed by atoms with Gasteiger partial charge in [0, 0.05) is 13.6 Å². The van der Waals surface area contributed by atoms with Crippen molar-refractivity contribution in [1.29, 1.82) is 0 Å². The third kappa shape index (κ3) is 3.30. The van der Waals surface area contributed by atoms with E-state index in [0.717, 1.165) is 12.0 Å². The van der Waals surface area contributed by atoms with Crippen LogP contribution in [0.4, 0.5) is 0 Å². The summed E-state index contributed by atoms with van der Waals surface area (Å²) in [5.74, 6) is 0.374. The summed E-state index contributed by atoms with van der Waals surface area (Å²) in [5.41, 5.74) is 0.795. The Morgan fingerprint density at radius 3 is 2.41 bits per heavy atom. The molecule has 1 unspecified atom stereocenters. The Balaban J connectivity index is 3.00. The lowest BCUT2D eigenvalue weighted by Gasteiger charge is -2.21. The molecule has 1 atom stereocenters. The second-order valence-electron chi connectivity index (χ2n) is 4.56. The van der Waals surface area contributed by atoms with E-state index < -0.39 is 10.0 Å². The third-order valence-corrected chi connectivity index (χ3v) is 5.03. The van der Waals surface area contributed by atoms with Gasteiger partial charge in [-0.25, -0.2) is 12.7 Å². The van der Waals surface area contributed by atoms with Crippen molar-refractivity contribution >= 4 is 10.0 Å². The van der Waals surface area contributed by atoms with Crippen molar-refractivity contribution in [2.24, 2.45) is 5.92 Å². The van der Waals surface area contributed by atoms with E-state index in [1.54, 1.807) is 19.2 Å². The Morgan fingerprint density at radius 2 is 1.88 bits per heavy atom. The lowest BCUT2D eigenvalue weighted by atomic mass is 10.1. The molecule has 0 saturated carbocycles. The van der Waals surface area contributed by atoms with Crippen molar-refractivity contribution in [2.45, 2.75) is 32.1 Å². The first kappa shape index (κ1) is 14.2. The fourth-order valence-electron chi connectivity index (χ4n) is 1.68. The molecule has 0 saturated heterocycles. The van der Waals surface area contributed by atoms with Crippen LogP contribution in [-0.2, 0) is 10.0 Å². The normalized spacial score (nSPS) is 13.9. The summed E-state index contributed by atoms with van der Waals surface area (Å²) in [7, 11) is -1.69. The number of aryl methyl sites for hydroxylation is 1. The fourth-order valence-corrected chi connectivity index (χ4v) is 3.19. The van der Waals surface area contributed by atoms with Gasteiger partial charge in [-0.15, -0.1) is 0 Å². The first-order valence-corrected chi connectivity index (χ1v) is 7.35. The van der Waals surface area contributed by atoms with E-state index in [2.05, 4.69) is 13.8 Å². The molecule has 96 valence electrons. The van der Waals surface area contributed by atoms with Crippen molar-refractivity contribution in [1.82, 2.24) is 4.31 Å². The summed E-state index contributed by atoms with van der Waals surface area (Å²) in [4.78, 5) is 0.408. The molecule has 3 nitrogen and oxygen atoms in total. The van der Waals surface area contributed by atoms with Crippen molar-refractivity contribution < 1.29 is 8.42 Å². The van der Waals surface area contributed by atoms with E-state index in [4.69, 9.17) is 0 Å². The Morgan fingerprint density at radius 1 is 1.29 bits per heavy atom.